The zero-order valence-corrected chi connectivity index (χ0v) is 21.5. The summed E-state index contributed by atoms with van der Waals surface area (Å²) < 4.78 is 13.4. The van der Waals surface area contributed by atoms with Crippen LogP contribution in [0.15, 0.2) is 35.7 Å². The average Bonchev–Trinajstić information content (AvgIpc) is 3.25. The second-order valence-corrected chi connectivity index (χ2v) is 10.5. The summed E-state index contributed by atoms with van der Waals surface area (Å²) in [7, 11) is 0. The highest BCUT2D eigenvalue weighted by Gasteiger charge is 2.29. The quantitative estimate of drug-likeness (QED) is 0.308. The Bertz CT molecular complexity index is 905. The number of amides is 2. The van der Waals surface area contributed by atoms with Crippen molar-refractivity contribution in [1.82, 2.24) is 9.80 Å². The number of aryl methyl sites for hydroxylation is 1. The zero-order chi connectivity index (χ0) is 24.3. The van der Waals surface area contributed by atoms with E-state index in [1.54, 1.807) is 23.5 Å². The fourth-order valence-electron chi connectivity index (χ4n) is 4.69. The molecule has 0 radical (unpaired) electrons. The van der Waals surface area contributed by atoms with Crippen LogP contribution >= 0.6 is 11.3 Å². The summed E-state index contributed by atoms with van der Waals surface area (Å²) in [4.78, 5) is 31.7. The molecule has 0 spiro atoms. The molecule has 1 aromatic heterocycles. The van der Waals surface area contributed by atoms with Crippen molar-refractivity contribution in [3.63, 3.8) is 0 Å². The molecule has 4 nitrogen and oxygen atoms in total. The number of carbonyl (C=O) groups is 2. The van der Waals surface area contributed by atoms with Crippen LogP contribution in [0.4, 0.5) is 4.39 Å². The normalized spacial score (nSPS) is 14.2. The van der Waals surface area contributed by atoms with Gasteiger partial charge >= 0.3 is 0 Å². The van der Waals surface area contributed by atoms with E-state index in [1.807, 2.05) is 15.2 Å². The molecule has 0 unspecified atom stereocenters. The van der Waals surface area contributed by atoms with Crippen molar-refractivity contribution in [2.24, 2.45) is 0 Å². The number of halogens is 1. The molecule has 6 heteroatoms. The summed E-state index contributed by atoms with van der Waals surface area (Å²) in [5.41, 5.74) is 2.05. The molecule has 0 N–H and O–H groups in total. The van der Waals surface area contributed by atoms with Gasteiger partial charge in [0.25, 0.3) is 0 Å². The van der Waals surface area contributed by atoms with Gasteiger partial charge < -0.3 is 9.80 Å². The number of benzene rings is 1. The lowest BCUT2D eigenvalue weighted by Gasteiger charge is -2.35. The molecule has 0 aliphatic heterocycles. The van der Waals surface area contributed by atoms with Crippen LogP contribution < -0.4 is 0 Å². The fourth-order valence-corrected chi connectivity index (χ4v) is 5.61. The van der Waals surface area contributed by atoms with Crippen LogP contribution in [0.5, 0.6) is 0 Å². The first kappa shape index (κ1) is 26.4. The van der Waals surface area contributed by atoms with Crippen molar-refractivity contribution < 1.29 is 14.0 Å². The van der Waals surface area contributed by atoms with E-state index in [0.29, 0.717) is 19.5 Å². The summed E-state index contributed by atoms with van der Waals surface area (Å²) in [6.07, 6.45) is 10.1. The number of hydrogen-bond donors (Lipinski definition) is 0. The Balaban J connectivity index is 1.75. The van der Waals surface area contributed by atoms with Crippen molar-refractivity contribution in [2.75, 3.05) is 6.54 Å². The number of unbranched alkanes of at least 4 members (excludes halogenated alkanes) is 3. The third-order valence-electron chi connectivity index (χ3n) is 6.83. The van der Waals surface area contributed by atoms with E-state index in [2.05, 4.69) is 19.9 Å². The molecule has 34 heavy (non-hydrogen) atoms. The summed E-state index contributed by atoms with van der Waals surface area (Å²) in [6, 6.07) is 8.55. The molecule has 0 saturated heterocycles. The van der Waals surface area contributed by atoms with Gasteiger partial charge in [0.15, 0.2) is 0 Å². The standard InChI is InChI=1S/C28H39FN2O2S/c1-3-4-5-9-12-27(32)31(25-10-7-6-8-11-25)21-28(33)30(20-26-22(2)17-18-34-26)19-23-13-15-24(29)16-14-23/h13-18,25H,3-12,19-21H2,1-2H3. The monoisotopic (exact) mass is 486 g/mol. The van der Waals surface area contributed by atoms with Gasteiger partial charge in [-0.25, -0.2) is 4.39 Å². The molecular weight excluding hydrogens is 447 g/mol. The molecule has 1 aliphatic carbocycles. The smallest absolute Gasteiger partial charge is 0.242 e. The van der Waals surface area contributed by atoms with Gasteiger partial charge in [-0.3, -0.25) is 9.59 Å². The van der Waals surface area contributed by atoms with E-state index in [-0.39, 0.29) is 30.2 Å². The maximum atomic E-state index is 13.6. The second-order valence-electron chi connectivity index (χ2n) is 9.53. The molecule has 2 amide bonds. The average molecular weight is 487 g/mol. The highest BCUT2D eigenvalue weighted by atomic mass is 32.1. The van der Waals surface area contributed by atoms with Crippen LogP contribution in [0, 0.1) is 12.7 Å². The number of nitrogens with zero attached hydrogens (tertiary/aromatic N) is 2. The molecular formula is C28H39FN2O2S. The Kier molecular flexibility index (Phi) is 10.6. The van der Waals surface area contributed by atoms with E-state index in [4.69, 9.17) is 0 Å². The molecule has 186 valence electrons. The summed E-state index contributed by atoms with van der Waals surface area (Å²) >= 11 is 1.64. The van der Waals surface area contributed by atoms with E-state index < -0.39 is 0 Å². The highest BCUT2D eigenvalue weighted by molar-refractivity contribution is 7.10. The van der Waals surface area contributed by atoms with Crippen molar-refractivity contribution in [3.8, 4) is 0 Å². The van der Waals surface area contributed by atoms with Gasteiger partial charge in [0.1, 0.15) is 12.4 Å². The van der Waals surface area contributed by atoms with Crippen LogP contribution in [0.2, 0.25) is 0 Å². The number of carbonyl (C=O) groups excluding carboxylic acids is 2. The van der Waals surface area contributed by atoms with Crippen molar-refractivity contribution in [1.29, 1.82) is 0 Å². The SMILES string of the molecule is CCCCCCC(=O)N(CC(=O)N(Cc1ccc(F)cc1)Cc1sccc1C)C1CCCCC1. The van der Waals surface area contributed by atoms with E-state index in [0.717, 1.165) is 67.4 Å². The number of hydrogen-bond acceptors (Lipinski definition) is 3. The van der Waals surface area contributed by atoms with Crippen LogP contribution in [-0.4, -0.2) is 34.2 Å². The lowest BCUT2D eigenvalue weighted by Crippen LogP contribution is -2.47. The molecule has 1 aromatic carbocycles. The van der Waals surface area contributed by atoms with Gasteiger partial charge in [0.2, 0.25) is 11.8 Å². The first-order chi connectivity index (χ1) is 16.5. The third-order valence-corrected chi connectivity index (χ3v) is 7.84. The Labute approximate surface area is 208 Å². The maximum Gasteiger partial charge on any atom is 0.242 e. The Morgan fingerprint density at radius 2 is 1.71 bits per heavy atom. The van der Waals surface area contributed by atoms with Gasteiger partial charge in [-0.05, 0) is 60.9 Å². The van der Waals surface area contributed by atoms with E-state index in [1.165, 1.54) is 18.6 Å². The van der Waals surface area contributed by atoms with Crippen molar-refractivity contribution in [3.05, 3.63) is 57.5 Å². The lowest BCUT2D eigenvalue weighted by molar-refractivity contribution is -0.143. The Morgan fingerprint density at radius 1 is 0.971 bits per heavy atom. The Hall–Kier alpha value is -2.21. The number of rotatable bonds is 12. The Morgan fingerprint density at radius 3 is 2.35 bits per heavy atom. The molecule has 0 bridgehead atoms. The van der Waals surface area contributed by atoms with Crippen LogP contribution in [0.25, 0.3) is 0 Å². The van der Waals surface area contributed by atoms with Crippen LogP contribution in [-0.2, 0) is 22.7 Å². The van der Waals surface area contributed by atoms with Crippen LogP contribution in [0.1, 0.15) is 87.1 Å². The molecule has 1 saturated carbocycles. The van der Waals surface area contributed by atoms with Gasteiger partial charge in [0.05, 0.1) is 6.54 Å². The lowest BCUT2D eigenvalue weighted by atomic mass is 9.93. The predicted molar refractivity (Wildman–Crippen MR) is 137 cm³/mol. The molecule has 2 aromatic rings. The highest BCUT2D eigenvalue weighted by Crippen LogP contribution is 2.25. The second kappa shape index (κ2) is 13.6. The minimum atomic E-state index is -0.284. The summed E-state index contributed by atoms with van der Waals surface area (Å²) in [5.74, 6) is -0.206. The zero-order valence-electron chi connectivity index (χ0n) is 20.7. The first-order valence-corrected chi connectivity index (χ1v) is 13.7. The minimum absolute atomic E-state index is 0.0374. The molecule has 0 atom stereocenters. The first-order valence-electron chi connectivity index (χ1n) is 12.8. The maximum absolute atomic E-state index is 13.6. The topological polar surface area (TPSA) is 40.6 Å². The van der Waals surface area contributed by atoms with Crippen molar-refractivity contribution >= 4 is 23.2 Å². The van der Waals surface area contributed by atoms with Gasteiger partial charge in [-0.15, -0.1) is 11.3 Å². The predicted octanol–water partition coefficient (Wildman–Crippen LogP) is 6.86. The molecule has 1 heterocycles. The molecule has 1 fully saturated rings. The summed E-state index contributed by atoms with van der Waals surface area (Å²) in [5, 5.41) is 2.04. The van der Waals surface area contributed by atoms with Crippen LogP contribution in [0.3, 0.4) is 0 Å². The van der Waals surface area contributed by atoms with Gasteiger partial charge in [-0.1, -0.05) is 57.6 Å². The summed E-state index contributed by atoms with van der Waals surface area (Å²) in [6.45, 7) is 5.26. The third kappa shape index (κ3) is 7.93. The van der Waals surface area contributed by atoms with Gasteiger partial charge in [0, 0.05) is 23.9 Å². The molecule has 3 rings (SSSR count). The van der Waals surface area contributed by atoms with E-state index >= 15 is 0 Å². The largest absolute Gasteiger partial charge is 0.332 e. The fraction of sp³-hybridized carbons (Fsp3) is 0.571. The van der Waals surface area contributed by atoms with E-state index in [9.17, 15) is 14.0 Å². The minimum Gasteiger partial charge on any atom is -0.332 e. The van der Waals surface area contributed by atoms with Crippen molar-refractivity contribution in [2.45, 2.75) is 97.2 Å². The number of thiophene rings is 1. The molecule has 1 aliphatic rings. The van der Waals surface area contributed by atoms with Gasteiger partial charge in [-0.2, -0.15) is 0 Å².